The maximum absolute atomic E-state index is 12.8. The number of hydrogen-bond acceptors (Lipinski definition) is 6. The Morgan fingerprint density at radius 3 is 2.50 bits per heavy atom. The standard InChI is InChI=1S/C28H25N7O/c36-28(34-14-12-29-13-15-34)21-5-3-20(4-6-21)23-7-8-27-32-18-25(35(27)19-23)22-9-11-31-26(16-22)33-24-2-1-10-30-17-24/h1-11,16-19,29H,12-15H2,(H,31,33). The summed E-state index contributed by atoms with van der Waals surface area (Å²) >= 11 is 0. The second kappa shape index (κ2) is 9.59. The number of nitrogens with one attached hydrogen (secondary N) is 2. The highest BCUT2D eigenvalue weighted by molar-refractivity contribution is 5.94. The summed E-state index contributed by atoms with van der Waals surface area (Å²) in [5.41, 5.74) is 6.51. The third kappa shape index (κ3) is 4.42. The summed E-state index contributed by atoms with van der Waals surface area (Å²) in [4.78, 5) is 27.9. The third-order valence-electron chi connectivity index (χ3n) is 6.36. The van der Waals surface area contributed by atoms with E-state index < -0.39 is 0 Å². The number of anilines is 2. The van der Waals surface area contributed by atoms with Crippen molar-refractivity contribution < 1.29 is 4.79 Å². The number of piperazine rings is 1. The molecule has 8 heteroatoms. The SMILES string of the molecule is O=C(c1ccc(-c2ccc3ncc(-c4ccnc(Nc5cccnc5)c4)n3c2)cc1)N1CCNCC1. The van der Waals surface area contributed by atoms with E-state index in [1.54, 1.807) is 18.6 Å². The van der Waals surface area contributed by atoms with Crippen LogP contribution in [0.2, 0.25) is 0 Å². The Bertz CT molecular complexity index is 1510. The van der Waals surface area contributed by atoms with Gasteiger partial charge in [-0.25, -0.2) is 9.97 Å². The Kier molecular flexibility index (Phi) is 5.85. The molecular formula is C28H25N7O. The first-order chi connectivity index (χ1) is 17.7. The molecule has 0 saturated carbocycles. The zero-order valence-corrected chi connectivity index (χ0v) is 19.6. The first kappa shape index (κ1) is 21.9. The molecule has 1 aliphatic rings. The lowest BCUT2D eigenvalue weighted by Gasteiger charge is -2.27. The van der Waals surface area contributed by atoms with Crippen molar-refractivity contribution in [3.05, 3.63) is 97.2 Å². The van der Waals surface area contributed by atoms with Crippen molar-refractivity contribution in [2.75, 3.05) is 31.5 Å². The van der Waals surface area contributed by atoms with Gasteiger partial charge in [-0.05, 0) is 59.7 Å². The van der Waals surface area contributed by atoms with Crippen molar-refractivity contribution in [3.8, 4) is 22.4 Å². The Labute approximate surface area is 208 Å². The highest BCUT2D eigenvalue weighted by Crippen LogP contribution is 2.27. The molecule has 0 aliphatic carbocycles. The van der Waals surface area contributed by atoms with Crippen molar-refractivity contribution >= 4 is 23.1 Å². The molecule has 0 atom stereocenters. The zero-order valence-electron chi connectivity index (χ0n) is 19.6. The minimum absolute atomic E-state index is 0.0868. The predicted molar refractivity (Wildman–Crippen MR) is 140 cm³/mol. The molecule has 5 heterocycles. The molecule has 8 nitrogen and oxygen atoms in total. The number of nitrogens with zero attached hydrogens (tertiary/aromatic N) is 5. The minimum atomic E-state index is 0.0868. The van der Waals surface area contributed by atoms with Crippen LogP contribution >= 0.6 is 0 Å². The van der Waals surface area contributed by atoms with Crippen LogP contribution in [0.5, 0.6) is 0 Å². The molecule has 2 N–H and O–H groups in total. The summed E-state index contributed by atoms with van der Waals surface area (Å²) in [5.74, 6) is 0.820. The summed E-state index contributed by atoms with van der Waals surface area (Å²) in [6.07, 6.45) is 9.24. The molecule has 0 radical (unpaired) electrons. The van der Waals surface area contributed by atoms with Crippen LogP contribution in [0.3, 0.4) is 0 Å². The second-order valence-electron chi connectivity index (χ2n) is 8.71. The molecular weight excluding hydrogens is 450 g/mol. The largest absolute Gasteiger partial charge is 0.339 e. The van der Waals surface area contributed by atoms with Crippen LogP contribution in [-0.4, -0.2) is 56.3 Å². The van der Waals surface area contributed by atoms with Crippen molar-refractivity contribution in [1.82, 2.24) is 29.6 Å². The fourth-order valence-electron chi connectivity index (χ4n) is 4.46. The molecule has 1 aliphatic heterocycles. The number of hydrogen-bond donors (Lipinski definition) is 2. The maximum atomic E-state index is 12.8. The smallest absolute Gasteiger partial charge is 0.253 e. The lowest BCUT2D eigenvalue weighted by Crippen LogP contribution is -2.46. The van der Waals surface area contributed by atoms with Gasteiger partial charge in [-0.3, -0.25) is 14.2 Å². The fourth-order valence-corrected chi connectivity index (χ4v) is 4.46. The van der Waals surface area contributed by atoms with E-state index in [1.165, 1.54) is 0 Å². The Morgan fingerprint density at radius 2 is 1.69 bits per heavy atom. The van der Waals surface area contributed by atoms with Gasteiger partial charge in [-0.2, -0.15) is 0 Å². The van der Waals surface area contributed by atoms with Gasteiger partial charge >= 0.3 is 0 Å². The van der Waals surface area contributed by atoms with Crippen LogP contribution in [0.25, 0.3) is 28.0 Å². The van der Waals surface area contributed by atoms with E-state index in [9.17, 15) is 4.79 Å². The minimum Gasteiger partial charge on any atom is -0.339 e. The Hall–Kier alpha value is -4.56. The lowest BCUT2D eigenvalue weighted by atomic mass is 10.0. The fraction of sp³-hybridized carbons (Fsp3) is 0.143. The number of carbonyl (C=O) groups is 1. The van der Waals surface area contributed by atoms with Gasteiger partial charge in [0.25, 0.3) is 5.91 Å². The molecule has 1 saturated heterocycles. The van der Waals surface area contributed by atoms with E-state index in [0.717, 1.165) is 71.3 Å². The molecule has 178 valence electrons. The van der Waals surface area contributed by atoms with Gasteiger partial charge in [-0.1, -0.05) is 12.1 Å². The Balaban J connectivity index is 1.28. The van der Waals surface area contributed by atoms with Crippen LogP contribution in [-0.2, 0) is 0 Å². The Morgan fingerprint density at radius 1 is 0.861 bits per heavy atom. The van der Waals surface area contributed by atoms with E-state index in [-0.39, 0.29) is 5.91 Å². The quantitative estimate of drug-likeness (QED) is 0.395. The first-order valence-corrected chi connectivity index (χ1v) is 12.0. The van der Waals surface area contributed by atoms with Crippen LogP contribution in [0.15, 0.2) is 91.6 Å². The van der Waals surface area contributed by atoms with Crippen molar-refractivity contribution in [1.29, 1.82) is 0 Å². The van der Waals surface area contributed by atoms with Crippen LogP contribution in [0.4, 0.5) is 11.5 Å². The molecule has 1 aromatic carbocycles. The molecule has 6 rings (SSSR count). The normalized spacial score (nSPS) is 13.6. The molecule has 36 heavy (non-hydrogen) atoms. The van der Waals surface area contributed by atoms with Gasteiger partial charge in [0.05, 0.1) is 23.8 Å². The summed E-state index contributed by atoms with van der Waals surface area (Å²) in [6, 6.07) is 19.7. The van der Waals surface area contributed by atoms with Crippen LogP contribution in [0, 0.1) is 0 Å². The van der Waals surface area contributed by atoms with Crippen molar-refractivity contribution in [2.45, 2.75) is 0 Å². The van der Waals surface area contributed by atoms with E-state index in [2.05, 4.69) is 42.2 Å². The average Bonchev–Trinajstić information content (AvgIpc) is 3.37. The zero-order chi connectivity index (χ0) is 24.3. The van der Waals surface area contributed by atoms with E-state index in [1.807, 2.05) is 65.7 Å². The van der Waals surface area contributed by atoms with Gasteiger partial charge in [0.15, 0.2) is 0 Å². The summed E-state index contributed by atoms with van der Waals surface area (Å²) in [7, 11) is 0. The third-order valence-corrected chi connectivity index (χ3v) is 6.36. The number of benzene rings is 1. The predicted octanol–water partition coefficient (Wildman–Crippen LogP) is 4.25. The number of rotatable bonds is 5. The van der Waals surface area contributed by atoms with Gasteiger partial charge in [-0.15, -0.1) is 0 Å². The summed E-state index contributed by atoms with van der Waals surface area (Å²) in [6.45, 7) is 3.18. The highest BCUT2D eigenvalue weighted by atomic mass is 16.2. The van der Waals surface area contributed by atoms with Crippen LogP contribution in [0.1, 0.15) is 10.4 Å². The number of fused-ring (bicyclic) bond motifs is 1. The van der Waals surface area contributed by atoms with Gasteiger partial charge in [0, 0.05) is 55.9 Å². The lowest BCUT2D eigenvalue weighted by molar-refractivity contribution is 0.0736. The molecule has 4 aromatic heterocycles. The summed E-state index contributed by atoms with van der Waals surface area (Å²) in [5, 5.41) is 6.58. The van der Waals surface area contributed by atoms with Crippen molar-refractivity contribution in [3.63, 3.8) is 0 Å². The topological polar surface area (TPSA) is 87.5 Å². The maximum Gasteiger partial charge on any atom is 0.253 e. The van der Waals surface area contributed by atoms with Crippen molar-refractivity contribution in [2.24, 2.45) is 0 Å². The van der Waals surface area contributed by atoms with Gasteiger partial charge in [0.2, 0.25) is 0 Å². The molecule has 0 spiro atoms. The second-order valence-corrected chi connectivity index (χ2v) is 8.71. The van der Waals surface area contributed by atoms with Crippen LogP contribution < -0.4 is 10.6 Å². The molecule has 0 bridgehead atoms. The first-order valence-electron chi connectivity index (χ1n) is 12.0. The number of aromatic nitrogens is 4. The van der Waals surface area contributed by atoms with E-state index >= 15 is 0 Å². The van der Waals surface area contributed by atoms with Gasteiger partial charge in [0.1, 0.15) is 11.5 Å². The number of pyridine rings is 3. The molecule has 1 amide bonds. The molecule has 5 aromatic rings. The average molecular weight is 476 g/mol. The summed E-state index contributed by atoms with van der Waals surface area (Å²) < 4.78 is 2.08. The number of imidazole rings is 1. The number of amides is 1. The highest BCUT2D eigenvalue weighted by Gasteiger charge is 2.18. The molecule has 0 unspecified atom stereocenters. The molecule has 1 fully saturated rings. The van der Waals surface area contributed by atoms with Gasteiger partial charge < -0.3 is 15.5 Å². The monoisotopic (exact) mass is 475 g/mol. The van der Waals surface area contributed by atoms with E-state index in [4.69, 9.17) is 0 Å². The van der Waals surface area contributed by atoms with E-state index in [0.29, 0.717) is 0 Å². The number of carbonyl (C=O) groups excluding carboxylic acids is 1.